The minimum absolute atomic E-state index is 0.206. The molecule has 24 heavy (non-hydrogen) atoms. The van der Waals surface area contributed by atoms with E-state index in [4.69, 9.17) is 9.47 Å². The summed E-state index contributed by atoms with van der Waals surface area (Å²) in [5, 5.41) is 0. The van der Waals surface area contributed by atoms with E-state index in [1.807, 2.05) is 17.2 Å². The van der Waals surface area contributed by atoms with Gasteiger partial charge in [-0.1, -0.05) is 6.07 Å². The van der Waals surface area contributed by atoms with Crippen molar-refractivity contribution in [3.8, 4) is 0 Å². The first-order chi connectivity index (χ1) is 11.7. The normalized spacial score (nSPS) is 25.5. The molecule has 0 aromatic carbocycles. The first-order valence-corrected chi connectivity index (χ1v) is 8.69. The highest BCUT2D eigenvalue weighted by Gasteiger charge is 2.44. The van der Waals surface area contributed by atoms with Gasteiger partial charge in [-0.25, -0.2) is 0 Å². The lowest BCUT2D eigenvalue weighted by Crippen LogP contribution is -2.60. The monoisotopic (exact) mass is 333 g/mol. The molecule has 2 aliphatic heterocycles. The Labute approximate surface area is 143 Å². The molecule has 0 N–H and O–H groups in total. The van der Waals surface area contributed by atoms with Crippen molar-refractivity contribution in [3.63, 3.8) is 0 Å². The summed E-state index contributed by atoms with van der Waals surface area (Å²) in [7, 11) is 3.41. The molecule has 6 heteroatoms. The maximum atomic E-state index is 12.1. The smallest absolute Gasteiger partial charge is 0.224 e. The molecule has 6 nitrogen and oxygen atoms in total. The summed E-state index contributed by atoms with van der Waals surface area (Å²) in [6, 6.07) is 4.90. The largest absolute Gasteiger partial charge is 0.384 e. The molecule has 3 rings (SSSR count). The van der Waals surface area contributed by atoms with Crippen LogP contribution in [0.2, 0.25) is 0 Å². The average Bonchev–Trinajstić information content (AvgIpc) is 2.60. The minimum atomic E-state index is 0.206. The van der Waals surface area contributed by atoms with E-state index < -0.39 is 0 Å². The summed E-state index contributed by atoms with van der Waals surface area (Å²) in [5.41, 5.74) is 1.22. The molecule has 1 aromatic rings. The van der Waals surface area contributed by atoms with Gasteiger partial charge in [0.15, 0.2) is 0 Å². The van der Waals surface area contributed by atoms with Crippen LogP contribution in [0.4, 0.5) is 0 Å². The van der Waals surface area contributed by atoms with Crippen molar-refractivity contribution in [2.24, 2.45) is 0 Å². The van der Waals surface area contributed by atoms with Crippen molar-refractivity contribution < 1.29 is 14.3 Å². The average molecular weight is 333 g/mol. The van der Waals surface area contributed by atoms with Crippen LogP contribution < -0.4 is 0 Å². The van der Waals surface area contributed by atoms with Gasteiger partial charge in [-0.2, -0.15) is 0 Å². The highest BCUT2D eigenvalue weighted by Crippen LogP contribution is 2.39. The first kappa shape index (κ1) is 17.3. The standard InChI is InChI=1S/C18H27N3O3/c1-23-11-7-17(22)20-9-5-15(6-10-20)21-13-16(24-2)18(21)14-4-3-8-19-12-14/h3-4,8,12,15-16,18H,5-7,9-11,13H2,1-2H3/t16-,18-/m0/s1. The van der Waals surface area contributed by atoms with Crippen molar-refractivity contribution in [3.05, 3.63) is 30.1 Å². The van der Waals surface area contributed by atoms with Crippen LogP contribution in [0.15, 0.2) is 24.5 Å². The molecule has 0 saturated carbocycles. The molecule has 0 unspecified atom stereocenters. The minimum Gasteiger partial charge on any atom is -0.384 e. The quantitative estimate of drug-likeness (QED) is 0.789. The molecule has 0 aliphatic carbocycles. The Hall–Kier alpha value is -1.50. The summed E-state index contributed by atoms with van der Waals surface area (Å²) in [5.74, 6) is 0.206. The van der Waals surface area contributed by atoms with Gasteiger partial charge in [0.25, 0.3) is 0 Å². The van der Waals surface area contributed by atoms with E-state index in [-0.39, 0.29) is 18.1 Å². The number of aromatic nitrogens is 1. The van der Waals surface area contributed by atoms with Gasteiger partial charge in [0.2, 0.25) is 5.91 Å². The molecule has 0 spiro atoms. The Balaban J connectivity index is 1.57. The van der Waals surface area contributed by atoms with E-state index in [9.17, 15) is 4.79 Å². The van der Waals surface area contributed by atoms with Gasteiger partial charge in [-0.15, -0.1) is 0 Å². The molecule has 2 saturated heterocycles. The van der Waals surface area contributed by atoms with Crippen LogP contribution in [0.1, 0.15) is 30.9 Å². The van der Waals surface area contributed by atoms with Crippen LogP contribution in [0.3, 0.4) is 0 Å². The topological polar surface area (TPSA) is 54.9 Å². The van der Waals surface area contributed by atoms with Gasteiger partial charge in [-0.3, -0.25) is 14.7 Å². The molecular formula is C18H27N3O3. The summed E-state index contributed by atoms with van der Waals surface area (Å²) in [6.45, 7) is 3.13. The Kier molecular flexibility index (Phi) is 5.81. The van der Waals surface area contributed by atoms with E-state index in [0.717, 1.165) is 32.5 Å². The van der Waals surface area contributed by atoms with E-state index in [2.05, 4.69) is 16.0 Å². The molecule has 1 amide bonds. The summed E-state index contributed by atoms with van der Waals surface area (Å²) in [6.07, 6.45) is 6.49. The number of piperidine rings is 1. The number of methoxy groups -OCH3 is 2. The Bertz CT molecular complexity index is 532. The third-order valence-electron chi connectivity index (χ3n) is 5.24. The van der Waals surface area contributed by atoms with Crippen LogP contribution in [0.5, 0.6) is 0 Å². The van der Waals surface area contributed by atoms with Gasteiger partial charge in [0, 0.05) is 52.3 Å². The SMILES string of the molecule is COCCC(=O)N1CCC(N2C[C@H](OC)[C@@H]2c2cccnc2)CC1. The lowest BCUT2D eigenvalue weighted by molar-refractivity contribution is -0.138. The predicted molar refractivity (Wildman–Crippen MR) is 90.6 cm³/mol. The van der Waals surface area contributed by atoms with Crippen LogP contribution in [-0.4, -0.2) is 73.3 Å². The van der Waals surface area contributed by atoms with Crippen molar-refractivity contribution in [1.82, 2.24) is 14.8 Å². The number of hydrogen-bond acceptors (Lipinski definition) is 5. The Morgan fingerprint density at radius 1 is 1.33 bits per heavy atom. The fraction of sp³-hybridized carbons (Fsp3) is 0.667. The number of carbonyl (C=O) groups is 1. The van der Waals surface area contributed by atoms with Crippen LogP contribution in [-0.2, 0) is 14.3 Å². The summed E-state index contributed by atoms with van der Waals surface area (Å²) in [4.78, 5) is 20.8. The third kappa shape index (κ3) is 3.61. The number of rotatable bonds is 6. The highest BCUT2D eigenvalue weighted by molar-refractivity contribution is 5.76. The van der Waals surface area contributed by atoms with Crippen molar-refractivity contribution >= 4 is 5.91 Å². The lowest BCUT2D eigenvalue weighted by Gasteiger charge is -2.53. The lowest BCUT2D eigenvalue weighted by atomic mass is 9.87. The van der Waals surface area contributed by atoms with Crippen molar-refractivity contribution in [1.29, 1.82) is 0 Å². The highest BCUT2D eigenvalue weighted by atomic mass is 16.5. The van der Waals surface area contributed by atoms with Gasteiger partial charge in [-0.05, 0) is 24.5 Å². The van der Waals surface area contributed by atoms with Crippen LogP contribution in [0.25, 0.3) is 0 Å². The predicted octanol–water partition coefficient (Wildman–Crippen LogP) is 1.48. The Morgan fingerprint density at radius 2 is 2.12 bits per heavy atom. The molecule has 2 atom stereocenters. The van der Waals surface area contributed by atoms with Crippen LogP contribution in [0, 0.1) is 0 Å². The van der Waals surface area contributed by atoms with Gasteiger partial charge < -0.3 is 14.4 Å². The van der Waals surface area contributed by atoms with Crippen molar-refractivity contribution in [2.45, 2.75) is 37.5 Å². The number of carbonyl (C=O) groups excluding carboxylic acids is 1. The fourth-order valence-electron chi connectivity index (χ4n) is 3.83. The van der Waals surface area contributed by atoms with Gasteiger partial charge >= 0.3 is 0 Å². The summed E-state index contributed by atoms with van der Waals surface area (Å²) < 4.78 is 10.6. The Morgan fingerprint density at radius 3 is 2.75 bits per heavy atom. The second kappa shape index (κ2) is 8.05. The number of hydrogen-bond donors (Lipinski definition) is 0. The zero-order chi connectivity index (χ0) is 16.9. The maximum Gasteiger partial charge on any atom is 0.224 e. The van der Waals surface area contributed by atoms with Crippen LogP contribution >= 0.6 is 0 Å². The number of nitrogens with zero attached hydrogens (tertiary/aromatic N) is 3. The van der Waals surface area contributed by atoms with E-state index in [0.29, 0.717) is 19.1 Å². The molecule has 0 radical (unpaired) electrons. The van der Waals surface area contributed by atoms with Gasteiger partial charge in [0.1, 0.15) is 0 Å². The molecule has 0 bridgehead atoms. The third-order valence-corrected chi connectivity index (χ3v) is 5.24. The maximum absolute atomic E-state index is 12.1. The number of amides is 1. The number of pyridine rings is 1. The second-order valence-corrected chi connectivity index (χ2v) is 6.56. The van der Waals surface area contributed by atoms with Gasteiger partial charge in [0.05, 0.1) is 25.2 Å². The second-order valence-electron chi connectivity index (χ2n) is 6.56. The number of likely N-dealkylation sites (tertiary alicyclic amines) is 2. The molecule has 1 aromatic heterocycles. The fourth-order valence-corrected chi connectivity index (χ4v) is 3.83. The zero-order valence-electron chi connectivity index (χ0n) is 14.6. The molecule has 132 valence electrons. The molecule has 3 heterocycles. The van der Waals surface area contributed by atoms with E-state index in [1.165, 1.54) is 5.56 Å². The van der Waals surface area contributed by atoms with E-state index in [1.54, 1.807) is 20.4 Å². The molecule has 2 aliphatic rings. The molecular weight excluding hydrogens is 306 g/mol. The zero-order valence-corrected chi connectivity index (χ0v) is 14.6. The summed E-state index contributed by atoms with van der Waals surface area (Å²) >= 11 is 0. The van der Waals surface area contributed by atoms with E-state index >= 15 is 0 Å². The first-order valence-electron chi connectivity index (χ1n) is 8.69. The number of ether oxygens (including phenoxy) is 2. The van der Waals surface area contributed by atoms with Crippen molar-refractivity contribution in [2.75, 3.05) is 40.5 Å². The molecule has 2 fully saturated rings.